The van der Waals surface area contributed by atoms with E-state index < -0.39 is 17.7 Å². The van der Waals surface area contributed by atoms with Gasteiger partial charge in [-0.15, -0.1) is 0 Å². The van der Waals surface area contributed by atoms with Crippen LogP contribution in [0.1, 0.15) is 22.5 Å². The van der Waals surface area contributed by atoms with Gasteiger partial charge in [-0.2, -0.15) is 13.2 Å². The number of ether oxygens (including phenoxy) is 1. The predicted molar refractivity (Wildman–Crippen MR) is 91.1 cm³/mol. The first-order valence-electron chi connectivity index (χ1n) is 8.04. The summed E-state index contributed by atoms with van der Waals surface area (Å²) in [6.45, 7) is 1.53. The van der Waals surface area contributed by atoms with Gasteiger partial charge in [-0.3, -0.25) is 14.0 Å². The topological polar surface area (TPSA) is 60.7 Å². The highest BCUT2D eigenvalue weighted by Gasteiger charge is 2.30. The Hall–Kier alpha value is -3.16. The van der Waals surface area contributed by atoms with Crippen molar-refractivity contribution >= 4 is 11.6 Å². The number of alkyl halides is 3. The number of halogens is 3. The van der Waals surface area contributed by atoms with Gasteiger partial charge in [-0.1, -0.05) is 24.3 Å². The molecule has 0 atom stereocenters. The maximum absolute atomic E-state index is 12.7. The Labute approximate surface area is 152 Å². The summed E-state index contributed by atoms with van der Waals surface area (Å²) in [6, 6.07) is 10.9. The molecule has 0 aliphatic heterocycles. The number of carbonyl (C=O) groups excluding carboxylic acids is 1. The Morgan fingerprint density at radius 3 is 2.63 bits per heavy atom. The van der Waals surface area contributed by atoms with Gasteiger partial charge < -0.3 is 4.74 Å². The number of aryl methyl sites for hydroxylation is 1. The summed E-state index contributed by atoms with van der Waals surface area (Å²) in [7, 11) is 0. The highest BCUT2D eigenvalue weighted by Crippen LogP contribution is 2.29. The van der Waals surface area contributed by atoms with Crippen molar-refractivity contribution in [2.45, 2.75) is 26.1 Å². The fourth-order valence-electron chi connectivity index (χ4n) is 2.67. The molecular weight excluding hydrogens is 361 g/mol. The molecule has 5 nitrogen and oxygen atoms in total. The summed E-state index contributed by atoms with van der Waals surface area (Å²) in [4.78, 5) is 28.4. The number of hydrogen-bond acceptors (Lipinski definition) is 4. The molecule has 0 amide bonds. The number of hydrogen-bond donors (Lipinski definition) is 0. The molecule has 2 heterocycles. The SMILES string of the molecule is Cc1cccc2nc(COC(=O)Cc3cccc(C(F)(F)F)c3)cc(=O)n12. The smallest absolute Gasteiger partial charge is 0.416 e. The molecule has 0 saturated heterocycles. The van der Waals surface area contributed by atoms with E-state index in [9.17, 15) is 22.8 Å². The van der Waals surface area contributed by atoms with Gasteiger partial charge in [0.25, 0.3) is 5.56 Å². The molecular formula is C19H15F3N2O3. The highest BCUT2D eigenvalue weighted by atomic mass is 19.4. The van der Waals surface area contributed by atoms with Crippen molar-refractivity contribution in [3.8, 4) is 0 Å². The number of carbonyl (C=O) groups is 1. The third-order valence-electron chi connectivity index (χ3n) is 3.92. The molecule has 3 rings (SSSR count). The fraction of sp³-hybridized carbons (Fsp3) is 0.211. The molecule has 1 aromatic carbocycles. The Kier molecular flexibility index (Phi) is 4.98. The summed E-state index contributed by atoms with van der Waals surface area (Å²) in [5.41, 5.74) is 0.471. The van der Waals surface area contributed by atoms with E-state index in [0.717, 1.165) is 17.8 Å². The zero-order valence-electron chi connectivity index (χ0n) is 14.3. The molecule has 8 heteroatoms. The Balaban J connectivity index is 1.70. The van der Waals surface area contributed by atoms with Crippen LogP contribution in [-0.2, 0) is 28.7 Å². The lowest BCUT2D eigenvalue weighted by Gasteiger charge is -2.09. The van der Waals surface area contributed by atoms with Crippen molar-refractivity contribution in [1.29, 1.82) is 0 Å². The quantitative estimate of drug-likeness (QED) is 0.656. The molecule has 0 aliphatic rings. The third-order valence-corrected chi connectivity index (χ3v) is 3.92. The molecule has 0 bridgehead atoms. The van der Waals surface area contributed by atoms with Crippen molar-refractivity contribution in [3.63, 3.8) is 0 Å². The van der Waals surface area contributed by atoms with Crippen LogP contribution in [0.25, 0.3) is 5.65 Å². The normalized spacial score (nSPS) is 11.6. The van der Waals surface area contributed by atoms with Crippen LogP contribution < -0.4 is 5.56 Å². The van der Waals surface area contributed by atoms with E-state index >= 15 is 0 Å². The van der Waals surface area contributed by atoms with Gasteiger partial charge in [0.05, 0.1) is 17.7 Å². The lowest BCUT2D eigenvalue weighted by molar-refractivity contribution is -0.144. The monoisotopic (exact) mass is 376 g/mol. The molecule has 140 valence electrons. The second kappa shape index (κ2) is 7.22. The summed E-state index contributed by atoms with van der Waals surface area (Å²) in [6.07, 6.45) is -4.79. The van der Waals surface area contributed by atoms with Crippen LogP contribution in [0.15, 0.2) is 53.3 Å². The van der Waals surface area contributed by atoms with E-state index in [4.69, 9.17) is 4.74 Å². The van der Waals surface area contributed by atoms with E-state index in [1.807, 2.05) is 0 Å². The molecule has 0 saturated carbocycles. The molecule has 2 aromatic heterocycles. The number of pyridine rings is 1. The number of rotatable bonds is 4. The van der Waals surface area contributed by atoms with Crippen molar-refractivity contribution in [2.24, 2.45) is 0 Å². The van der Waals surface area contributed by atoms with Gasteiger partial charge in [-0.25, -0.2) is 4.98 Å². The van der Waals surface area contributed by atoms with Crippen molar-refractivity contribution < 1.29 is 22.7 Å². The van der Waals surface area contributed by atoms with Gasteiger partial charge in [-0.05, 0) is 30.7 Å². The van der Waals surface area contributed by atoms with Gasteiger partial charge in [0.15, 0.2) is 0 Å². The van der Waals surface area contributed by atoms with Crippen LogP contribution in [0.3, 0.4) is 0 Å². The zero-order chi connectivity index (χ0) is 19.6. The van der Waals surface area contributed by atoms with Crippen LogP contribution in [0.2, 0.25) is 0 Å². The third kappa shape index (κ3) is 4.33. The number of nitrogens with zero attached hydrogens (tertiary/aromatic N) is 2. The van der Waals surface area contributed by atoms with Gasteiger partial charge >= 0.3 is 12.1 Å². The summed E-state index contributed by atoms with van der Waals surface area (Å²) >= 11 is 0. The zero-order valence-corrected chi connectivity index (χ0v) is 14.3. The molecule has 0 spiro atoms. The first-order valence-corrected chi connectivity index (χ1v) is 8.04. The van der Waals surface area contributed by atoms with Crippen LogP contribution in [-0.4, -0.2) is 15.4 Å². The lowest BCUT2D eigenvalue weighted by atomic mass is 10.1. The average molecular weight is 376 g/mol. The van der Waals surface area contributed by atoms with E-state index in [0.29, 0.717) is 5.65 Å². The largest absolute Gasteiger partial charge is 0.459 e. The number of esters is 1. The predicted octanol–water partition coefficient (Wildman–Crippen LogP) is 3.31. The van der Waals surface area contributed by atoms with E-state index in [-0.39, 0.29) is 29.8 Å². The molecule has 0 fully saturated rings. The molecule has 3 aromatic rings. The number of benzene rings is 1. The molecule has 0 N–H and O–H groups in total. The van der Waals surface area contributed by atoms with Crippen LogP contribution in [0, 0.1) is 6.92 Å². The van der Waals surface area contributed by atoms with Crippen molar-refractivity contribution in [1.82, 2.24) is 9.38 Å². The minimum atomic E-state index is -4.48. The highest BCUT2D eigenvalue weighted by molar-refractivity contribution is 5.72. The molecule has 0 aliphatic carbocycles. The maximum atomic E-state index is 12.7. The van der Waals surface area contributed by atoms with Crippen LogP contribution >= 0.6 is 0 Å². The summed E-state index contributed by atoms with van der Waals surface area (Å²) in [5.74, 6) is -0.708. The van der Waals surface area contributed by atoms with Crippen LogP contribution in [0.4, 0.5) is 13.2 Å². The molecule has 0 unspecified atom stereocenters. The summed E-state index contributed by atoms with van der Waals surface area (Å²) in [5, 5.41) is 0. The second-order valence-corrected chi connectivity index (χ2v) is 5.98. The van der Waals surface area contributed by atoms with E-state index in [2.05, 4.69) is 4.98 Å². The second-order valence-electron chi connectivity index (χ2n) is 5.98. The molecule has 27 heavy (non-hydrogen) atoms. The minimum absolute atomic E-state index is 0.192. The number of fused-ring (bicyclic) bond motifs is 1. The minimum Gasteiger partial charge on any atom is -0.459 e. The Morgan fingerprint density at radius 2 is 1.89 bits per heavy atom. The average Bonchev–Trinajstić information content (AvgIpc) is 2.59. The van der Waals surface area contributed by atoms with E-state index in [1.54, 1.807) is 25.1 Å². The van der Waals surface area contributed by atoms with Crippen molar-refractivity contribution in [2.75, 3.05) is 0 Å². The maximum Gasteiger partial charge on any atom is 0.416 e. The Bertz CT molecular complexity index is 1060. The summed E-state index contributed by atoms with van der Waals surface area (Å²) < 4.78 is 44.6. The van der Waals surface area contributed by atoms with Gasteiger partial charge in [0, 0.05) is 11.8 Å². The number of aromatic nitrogens is 2. The van der Waals surface area contributed by atoms with Crippen molar-refractivity contribution in [3.05, 3.63) is 81.4 Å². The molecule has 0 radical (unpaired) electrons. The van der Waals surface area contributed by atoms with Gasteiger partial charge in [0.2, 0.25) is 0 Å². The fourth-order valence-corrected chi connectivity index (χ4v) is 2.67. The standard InChI is InChI=1S/C19H15F3N2O3/c1-12-4-2-7-16-23-15(10-17(25)24(12)16)11-27-18(26)9-13-5-3-6-14(8-13)19(20,21)22/h2-8,10H,9,11H2,1H3. The van der Waals surface area contributed by atoms with Gasteiger partial charge in [0.1, 0.15) is 12.3 Å². The van der Waals surface area contributed by atoms with Crippen LogP contribution in [0.5, 0.6) is 0 Å². The Morgan fingerprint density at radius 1 is 1.15 bits per heavy atom. The lowest BCUT2D eigenvalue weighted by Crippen LogP contribution is -2.18. The first kappa shape index (κ1) is 18.6. The van der Waals surface area contributed by atoms with E-state index in [1.165, 1.54) is 22.6 Å². The first-order chi connectivity index (χ1) is 12.7.